The van der Waals surface area contributed by atoms with Crippen LogP contribution in [0.4, 0.5) is 5.69 Å². The van der Waals surface area contributed by atoms with Crippen molar-refractivity contribution < 1.29 is 9.53 Å². The van der Waals surface area contributed by atoms with E-state index < -0.39 is 0 Å². The zero-order chi connectivity index (χ0) is 16.8. The quantitative estimate of drug-likeness (QED) is 0.918. The molecule has 0 aliphatic carbocycles. The van der Waals surface area contributed by atoms with Gasteiger partial charge in [-0.15, -0.1) is 0 Å². The van der Waals surface area contributed by atoms with E-state index in [0.717, 1.165) is 31.0 Å². The van der Waals surface area contributed by atoms with Gasteiger partial charge >= 0.3 is 0 Å². The summed E-state index contributed by atoms with van der Waals surface area (Å²) < 4.78 is 5.76. The van der Waals surface area contributed by atoms with Gasteiger partial charge in [0, 0.05) is 37.2 Å². The second-order valence-corrected chi connectivity index (χ2v) is 6.15. The van der Waals surface area contributed by atoms with Gasteiger partial charge in [-0.2, -0.15) is 0 Å². The predicted molar refractivity (Wildman–Crippen MR) is 93.7 cm³/mol. The highest BCUT2D eigenvalue weighted by Crippen LogP contribution is 2.14. The van der Waals surface area contributed by atoms with Crippen LogP contribution in [0.15, 0.2) is 48.7 Å². The molecule has 126 valence electrons. The molecule has 3 rings (SSSR count). The van der Waals surface area contributed by atoms with Gasteiger partial charge in [-0.3, -0.25) is 14.7 Å². The average Bonchev–Trinajstić information content (AvgIpc) is 2.56. The molecule has 1 saturated heterocycles. The summed E-state index contributed by atoms with van der Waals surface area (Å²) in [6, 6.07) is 14.0. The maximum atomic E-state index is 12.2. The van der Waals surface area contributed by atoms with Crippen molar-refractivity contribution in [3.8, 4) is 0 Å². The summed E-state index contributed by atoms with van der Waals surface area (Å²) in [6.07, 6.45) is 2.00. The van der Waals surface area contributed by atoms with Crippen molar-refractivity contribution in [3.05, 3.63) is 59.9 Å². The van der Waals surface area contributed by atoms with Crippen molar-refractivity contribution in [2.45, 2.75) is 26.0 Å². The van der Waals surface area contributed by atoms with E-state index in [1.807, 2.05) is 19.1 Å². The SMILES string of the molecule is Cc1cc(NC(=O)C[C@H]2CN(Cc3ccccc3)CCO2)ccn1. The van der Waals surface area contributed by atoms with Crippen LogP contribution in [0.1, 0.15) is 17.7 Å². The van der Waals surface area contributed by atoms with Crippen LogP contribution in [0, 0.1) is 6.92 Å². The fourth-order valence-electron chi connectivity index (χ4n) is 2.93. The summed E-state index contributed by atoms with van der Waals surface area (Å²) in [5, 5.41) is 2.92. The molecule has 2 heterocycles. The number of benzene rings is 1. The summed E-state index contributed by atoms with van der Waals surface area (Å²) in [7, 11) is 0. The van der Waals surface area contributed by atoms with Crippen molar-refractivity contribution >= 4 is 11.6 Å². The van der Waals surface area contributed by atoms with Crippen molar-refractivity contribution in [3.63, 3.8) is 0 Å². The molecule has 0 unspecified atom stereocenters. The van der Waals surface area contributed by atoms with Crippen LogP contribution >= 0.6 is 0 Å². The summed E-state index contributed by atoms with van der Waals surface area (Å²) in [5.74, 6) is -0.0211. The lowest BCUT2D eigenvalue weighted by atomic mass is 10.1. The number of nitrogens with one attached hydrogen (secondary N) is 1. The standard InChI is InChI=1S/C19H23N3O2/c1-15-11-17(7-8-20-15)21-19(23)12-18-14-22(9-10-24-18)13-16-5-3-2-4-6-16/h2-8,11,18H,9-10,12-14H2,1H3,(H,20,21,23)/t18-/m0/s1. The van der Waals surface area contributed by atoms with Gasteiger partial charge in [0.2, 0.25) is 5.91 Å². The van der Waals surface area contributed by atoms with Crippen LogP contribution < -0.4 is 5.32 Å². The zero-order valence-corrected chi connectivity index (χ0v) is 13.9. The van der Waals surface area contributed by atoms with E-state index >= 15 is 0 Å². The molecule has 0 saturated carbocycles. The Kier molecular flexibility index (Phi) is 5.56. The van der Waals surface area contributed by atoms with Crippen molar-refractivity contribution in [2.75, 3.05) is 25.0 Å². The topological polar surface area (TPSA) is 54.5 Å². The monoisotopic (exact) mass is 325 g/mol. The highest BCUT2D eigenvalue weighted by Gasteiger charge is 2.23. The number of ether oxygens (including phenoxy) is 1. The Labute approximate surface area is 142 Å². The number of carbonyl (C=O) groups is 1. The van der Waals surface area contributed by atoms with Crippen LogP contribution in [0.5, 0.6) is 0 Å². The minimum atomic E-state index is -0.0644. The number of morpholine rings is 1. The van der Waals surface area contributed by atoms with Crippen molar-refractivity contribution in [1.82, 2.24) is 9.88 Å². The molecule has 0 radical (unpaired) electrons. The minimum Gasteiger partial charge on any atom is -0.375 e. The fraction of sp³-hybridized carbons (Fsp3) is 0.368. The van der Waals surface area contributed by atoms with Gasteiger partial charge in [0.25, 0.3) is 0 Å². The maximum absolute atomic E-state index is 12.2. The lowest BCUT2D eigenvalue weighted by Gasteiger charge is -2.32. The first-order valence-corrected chi connectivity index (χ1v) is 8.29. The number of hydrogen-bond donors (Lipinski definition) is 1. The lowest BCUT2D eigenvalue weighted by molar-refractivity contribution is -0.121. The van der Waals surface area contributed by atoms with Gasteiger partial charge in [0.05, 0.1) is 19.1 Å². The predicted octanol–water partition coefficient (Wildman–Crippen LogP) is 2.62. The number of pyridine rings is 1. The molecular weight excluding hydrogens is 302 g/mol. The van der Waals surface area contributed by atoms with Crippen LogP contribution in [0.25, 0.3) is 0 Å². The third-order valence-corrected chi connectivity index (χ3v) is 4.07. The summed E-state index contributed by atoms with van der Waals surface area (Å²) in [4.78, 5) is 18.7. The van der Waals surface area contributed by atoms with E-state index in [0.29, 0.717) is 13.0 Å². The average molecular weight is 325 g/mol. The van der Waals surface area contributed by atoms with E-state index in [2.05, 4.69) is 39.5 Å². The van der Waals surface area contributed by atoms with Gasteiger partial charge in [-0.1, -0.05) is 30.3 Å². The Bertz CT molecular complexity index is 675. The Morgan fingerprint density at radius 1 is 1.33 bits per heavy atom. The number of nitrogens with zero attached hydrogens (tertiary/aromatic N) is 2. The van der Waals surface area contributed by atoms with Gasteiger partial charge in [0.15, 0.2) is 0 Å². The normalized spacial score (nSPS) is 18.3. The Morgan fingerprint density at radius 3 is 2.96 bits per heavy atom. The van der Waals surface area contributed by atoms with E-state index in [1.54, 1.807) is 12.3 Å². The van der Waals surface area contributed by atoms with Crippen LogP contribution in [0.3, 0.4) is 0 Å². The number of hydrogen-bond acceptors (Lipinski definition) is 4. The third kappa shape index (κ3) is 4.88. The molecule has 0 bridgehead atoms. The van der Waals surface area contributed by atoms with Gasteiger partial charge in [-0.05, 0) is 24.6 Å². The first-order valence-electron chi connectivity index (χ1n) is 8.29. The molecule has 1 atom stereocenters. The summed E-state index contributed by atoms with van der Waals surface area (Å²) in [6.45, 7) is 5.14. The smallest absolute Gasteiger partial charge is 0.227 e. The largest absolute Gasteiger partial charge is 0.375 e. The van der Waals surface area contributed by atoms with Crippen LogP contribution in [-0.4, -0.2) is 41.6 Å². The zero-order valence-electron chi connectivity index (χ0n) is 13.9. The van der Waals surface area contributed by atoms with E-state index in [-0.39, 0.29) is 12.0 Å². The molecule has 5 heteroatoms. The summed E-state index contributed by atoms with van der Waals surface area (Å²) in [5.41, 5.74) is 2.95. The molecule has 2 aromatic rings. The molecule has 5 nitrogen and oxygen atoms in total. The number of aromatic nitrogens is 1. The van der Waals surface area contributed by atoms with Crippen molar-refractivity contribution in [2.24, 2.45) is 0 Å². The first kappa shape index (κ1) is 16.6. The molecule has 1 amide bonds. The first-order chi connectivity index (χ1) is 11.7. The summed E-state index contributed by atoms with van der Waals surface area (Å²) >= 11 is 0. The van der Waals surface area contributed by atoms with Crippen LogP contribution in [-0.2, 0) is 16.1 Å². The fourth-order valence-corrected chi connectivity index (χ4v) is 2.93. The molecule has 1 aromatic heterocycles. The molecule has 1 N–H and O–H groups in total. The molecule has 1 aromatic carbocycles. The third-order valence-electron chi connectivity index (χ3n) is 4.07. The molecule has 1 fully saturated rings. The number of anilines is 1. The number of amides is 1. The van der Waals surface area contributed by atoms with E-state index in [1.165, 1.54) is 5.56 Å². The minimum absolute atomic E-state index is 0.0211. The number of carbonyl (C=O) groups excluding carboxylic acids is 1. The number of rotatable bonds is 5. The second-order valence-electron chi connectivity index (χ2n) is 6.15. The van der Waals surface area contributed by atoms with E-state index in [4.69, 9.17) is 4.74 Å². The van der Waals surface area contributed by atoms with Gasteiger partial charge < -0.3 is 10.1 Å². The van der Waals surface area contributed by atoms with Crippen molar-refractivity contribution in [1.29, 1.82) is 0 Å². The molecule has 1 aliphatic heterocycles. The number of aryl methyl sites for hydroxylation is 1. The maximum Gasteiger partial charge on any atom is 0.227 e. The highest BCUT2D eigenvalue weighted by molar-refractivity contribution is 5.91. The Hall–Kier alpha value is -2.24. The van der Waals surface area contributed by atoms with Gasteiger partial charge in [0.1, 0.15) is 0 Å². The molecule has 0 spiro atoms. The Morgan fingerprint density at radius 2 is 2.17 bits per heavy atom. The second kappa shape index (κ2) is 8.04. The molecule has 24 heavy (non-hydrogen) atoms. The molecule has 1 aliphatic rings. The molecular formula is C19H23N3O2. The Balaban J connectivity index is 1.50. The highest BCUT2D eigenvalue weighted by atomic mass is 16.5. The van der Waals surface area contributed by atoms with Crippen LogP contribution in [0.2, 0.25) is 0 Å². The lowest BCUT2D eigenvalue weighted by Crippen LogP contribution is -2.43. The van der Waals surface area contributed by atoms with Gasteiger partial charge in [-0.25, -0.2) is 0 Å². The van der Waals surface area contributed by atoms with E-state index in [9.17, 15) is 4.79 Å².